The van der Waals surface area contributed by atoms with Crippen molar-refractivity contribution in [1.29, 1.82) is 0 Å². The summed E-state index contributed by atoms with van der Waals surface area (Å²) in [4.78, 5) is 0. The van der Waals surface area contributed by atoms with E-state index in [4.69, 9.17) is 28.4 Å². The van der Waals surface area contributed by atoms with E-state index in [1.165, 1.54) is 0 Å². The second kappa shape index (κ2) is 5.30. The van der Waals surface area contributed by atoms with E-state index in [1.54, 1.807) is 13.2 Å². The molecule has 0 aromatic heterocycles. The van der Waals surface area contributed by atoms with E-state index in [1.807, 2.05) is 20.8 Å². The Morgan fingerprint density at radius 3 is 2.52 bits per heavy atom. The third-order valence-electron chi connectivity index (χ3n) is 4.10. The summed E-state index contributed by atoms with van der Waals surface area (Å²) in [6.07, 6.45) is 0.135. The van der Waals surface area contributed by atoms with Crippen LogP contribution in [0.3, 0.4) is 0 Å². The average molecular weight is 300 g/mol. The fourth-order valence-corrected chi connectivity index (χ4v) is 3.03. The standard InChI is InChI=1S/C15H24O6/c1-6-7-17-11-10-9(8-16-5)18-13-12(11)20-15(19-10,21-13)14(2,3)4/h6,9-13H,1,7-8H2,2-5H3/t9-,10-,11+,12-,13-,15?/m1/s1. The molecule has 3 fully saturated rings. The monoisotopic (exact) mass is 300 g/mol. The quantitative estimate of drug-likeness (QED) is 0.716. The van der Waals surface area contributed by atoms with E-state index in [9.17, 15) is 0 Å². The molecule has 0 amide bonds. The maximum absolute atomic E-state index is 6.19. The van der Waals surface area contributed by atoms with E-state index in [0.29, 0.717) is 13.2 Å². The molecular formula is C15H24O6. The van der Waals surface area contributed by atoms with Crippen LogP contribution in [0, 0.1) is 5.41 Å². The minimum absolute atomic E-state index is 0.237. The van der Waals surface area contributed by atoms with Crippen molar-refractivity contribution in [2.75, 3.05) is 20.3 Å². The Hall–Kier alpha value is -0.500. The summed E-state index contributed by atoms with van der Waals surface area (Å²) in [5.74, 6) is -1.09. The van der Waals surface area contributed by atoms with Crippen molar-refractivity contribution in [3.8, 4) is 0 Å². The zero-order valence-electron chi connectivity index (χ0n) is 13.0. The number of hydrogen-bond acceptors (Lipinski definition) is 6. The van der Waals surface area contributed by atoms with Crippen LogP contribution in [0.25, 0.3) is 0 Å². The molecule has 6 atom stereocenters. The summed E-state index contributed by atoms with van der Waals surface area (Å²) < 4.78 is 35.2. The lowest BCUT2D eigenvalue weighted by atomic mass is 9.91. The first kappa shape index (κ1) is 15.4. The molecule has 21 heavy (non-hydrogen) atoms. The summed E-state index contributed by atoms with van der Waals surface area (Å²) in [5.41, 5.74) is -0.340. The summed E-state index contributed by atoms with van der Waals surface area (Å²) in [6, 6.07) is 0. The van der Waals surface area contributed by atoms with E-state index < -0.39 is 12.3 Å². The van der Waals surface area contributed by atoms with Crippen LogP contribution in [0.15, 0.2) is 12.7 Å². The molecule has 6 nitrogen and oxygen atoms in total. The van der Waals surface area contributed by atoms with Gasteiger partial charge in [-0.3, -0.25) is 4.74 Å². The fraction of sp³-hybridized carbons (Fsp3) is 0.867. The smallest absolute Gasteiger partial charge is 0.291 e. The first-order valence-corrected chi connectivity index (χ1v) is 7.32. The van der Waals surface area contributed by atoms with Crippen LogP contribution in [0.1, 0.15) is 20.8 Å². The van der Waals surface area contributed by atoms with Crippen molar-refractivity contribution in [1.82, 2.24) is 0 Å². The SMILES string of the molecule is C=CCO[C@@H]1[C@H]2OC3(C(C)(C)C)O[C@H]2O[C@H](COC)[C@H]1O3. The summed E-state index contributed by atoms with van der Waals surface area (Å²) in [5, 5.41) is 0. The molecule has 3 saturated heterocycles. The molecule has 3 heterocycles. The molecule has 3 aliphatic rings. The van der Waals surface area contributed by atoms with Crippen LogP contribution in [-0.4, -0.2) is 57.0 Å². The number of hydrogen-bond donors (Lipinski definition) is 0. The van der Waals surface area contributed by atoms with E-state index in [2.05, 4.69) is 6.58 Å². The van der Waals surface area contributed by atoms with Crippen molar-refractivity contribution in [2.24, 2.45) is 5.41 Å². The van der Waals surface area contributed by atoms with Crippen molar-refractivity contribution in [3.05, 3.63) is 12.7 Å². The summed E-state index contributed by atoms with van der Waals surface area (Å²) >= 11 is 0. The lowest BCUT2D eigenvalue weighted by Gasteiger charge is -2.48. The zero-order chi connectivity index (χ0) is 15.3. The van der Waals surface area contributed by atoms with Gasteiger partial charge in [0.2, 0.25) is 0 Å². The van der Waals surface area contributed by atoms with Crippen LogP contribution in [0.2, 0.25) is 0 Å². The lowest BCUT2D eigenvalue weighted by Crippen LogP contribution is -2.64. The number of rotatable bonds is 5. The maximum Gasteiger partial charge on any atom is 0.291 e. The highest BCUT2D eigenvalue weighted by Gasteiger charge is 2.69. The van der Waals surface area contributed by atoms with Crippen molar-refractivity contribution in [3.63, 3.8) is 0 Å². The van der Waals surface area contributed by atoms with Crippen LogP contribution in [-0.2, 0) is 28.4 Å². The van der Waals surface area contributed by atoms with Crippen LogP contribution in [0.5, 0.6) is 0 Å². The van der Waals surface area contributed by atoms with Gasteiger partial charge in [0, 0.05) is 12.5 Å². The zero-order valence-corrected chi connectivity index (χ0v) is 13.0. The fourth-order valence-electron chi connectivity index (χ4n) is 3.03. The first-order valence-electron chi connectivity index (χ1n) is 7.32. The van der Waals surface area contributed by atoms with Gasteiger partial charge in [-0.1, -0.05) is 26.8 Å². The third kappa shape index (κ3) is 2.34. The predicted octanol–water partition coefficient (Wildman–Crippen LogP) is 1.44. The van der Waals surface area contributed by atoms with Gasteiger partial charge in [-0.05, 0) is 0 Å². The second-order valence-electron chi connectivity index (χ2n) is 6.67. The summed E-state index contributed by atoms with van der Waals surface area (Å²) in [6.45, 7) is 10.6. The minimum atomic E-state index is -1.09. The number of fused-ring (bicyclic) bond motifs is 2. The Kier molecular flexibility index (Phi) is 3.88. The number of ether oxygens (including phenoxy) is 6. The van der Waals surface area contributed by atoms with Gasteiger partial charge in [0.1, 0.15) is 24.4 Å². The van der Waals surface area contributed by atoms with Gasteiger partial charge in [0.15, 0.2) is 6.29 Å². The van der Waals surface area contributed by atoms with Crippen LogP contribution >= 0.6 is 0 Å². The Morgan fingerprint density at radius 2 is 1.90 bits per heavy atom. The van der Waals surface area contributed by atoms with Gasteiger partial charge in [-0.2, -0.15) is 0 Å². The highest BCUT2D eigenvalue weighted by molar-refractivity contribution is 5.03. The predicted molar refractivity (Wildman–Crippen MR) is 73.5 cm³/mol. The molecule has 0 aromatic carbocycles. The summed E-state index contributed by atoms with van der Waals surface area (Å²) in [7, 11) is 1.64. The van der Waals surface area contributed by atoms with Crippen LogP contribution < -0.4 is 0 Å². The van der Waals surface area contributed by atoms with Gasteiger partial charge in [-0.15, -0.1) is 6.58 Å². The van der Waals surface area contributed by atoms with Gasteiger partial charge >= 0.3 is 0 Å². The first-order chi connectivity index (χ1) is 9.92. The molecule has 6 heteroatoms. The Morgan fingerprint density at radius 1 is 1.19 bits per heavy atom. The van der Waals surface area contributed by atoms with Crippen molar-refractivity contribution in [2.45, 2.75) is 57.5 Å². The minimum Gasteiger partial charge on any atom is -0.382 e. The molecule has 0 N–H and O–H groups in total. The molecule has 0 saturated carbocycles. The van der Waals surface area contributed by atoms with Gasteiger partial charge < -0.3 is 23.7 Å². The van der Waals surface area contributed by atoms with Crippen molar-refractivity contribution >= 4 is 0 Å². The lowest BCUT2D eigenvalue weighted by molar-refractivity contribution is -0.429. The highest BCUT2D eigenvalue weighted by atomic mass is 17.0. The molecule has 3 rings (SSSR count). The Bertz CT molecular complexity index is 405. The van der Waals surface area contributed by atoms with Crippen LogP contribution in [0.4, 0.5) is 0 Å². The van der Waals surface area contributed by atoms with Gasteiger partial charge in [-0.25, -0.2) is 0 Å². The molecule has 0 aliphatic carbocycles. The molecule has 120 valence electrons. The number of methoxy groups -OCH3 is 1. The Balaban J connectivity index is 1.88. The average Bonchev–Trinajstić information content (AvgIpc) is 2.63. The van der Waals surface area contributed by atoms with E-state index in [0.717, 1.165) is 0 Å². The normalized spacial score (nSPS) is 45.0. The van der Waals surface area contributed by atoms with E-state index >= 15 is 0 Å². The molecule has 0 aromatic rings. The highest BCUT2D eigenvalue weighted by Crippen LogP contribution is 2.52. The van der Waals surface area contributed by atoms with E-state index in [-0.39, 0.29) is 29.8 Å². The van der Waals surface area contributed by atoms with Gasteiger partial charge in [0.25, 0.3) is 5.97 Å². The maximum atomic E-state index is 6.19. The molecule has 3 aliphatic heterocycles. The largest absolute Gasteiger partial charge is 0.382 e. The molecule has 1 unspecified atom stereocenters. The molecule has 0 spiro atoms. The second-order valence-corrected chi connectivity index (χ2v) is 6.67. The van der Waals surface area contributed by atoms with Crippen molar-refractivity contribution < 1.29 is 28.4 Å². The topological polar surface area (TPSA) is 55.4 Å². The van der Waals surface area contributed by atoms with Gasteiger partial charge in [0.05, 0.1) is 13.2 Å². The third-order valence-corrected chi connectivity index (χ3v) is 4.10. The molecule has 3 bridgehead atoms. The Labute approximate surface area is 125 Å². The molecular weight excluding hydrogens is 276 g/mol. The molecule has 0 radical (unpaired) electrons.